The molecule has 108 valence electrons. The zero-order valence-electron chi connectivity index (χ0n) is 11.3. The molecule has 0 amide bonds. The van der Waals surface area contributed by atoms with Crippen LogP contribution in [0.4, 0.5) is 4.39 Å². The fraction of sp³-hybridized carbons (Fsp3) is 0.438. The molecule has 0 spiro atoms. The molecule has 1 saturated carbocycles. The highest BCUT2D eigenvalue weighted by Gasteiger charge is 2.13. The van der Waals surface area contributed by atoms with Gasteiger partial charge in [-0.1, -0.05) is 25.3 Å². The van der Waals surface area contributed by atoms with Gasteiger partial charge >= 0.3 is 5.97 Å². The molecule has 1 aliphatic carbocycles. The van der Waals surface area contributed by atoms with E-state index in [1.807, 2.05) is 17.8 Å². The largest absolute Gasteiger partial charge is 0.478 e. The molecule has 0 aromatic heterocycles. The van der Waals surface area contributed by atoms with Crippen molar-refractivity contribution in [2.45, 2.75) is 43.1 Å². The zero-order chi connectivity index (χ0) is 14.4. The van der Waals surface area contributed by atoms with E-state index in [1.54, 1.807) is 0 Å². The van der Waals surface area contributed by atoms with Crippen molar-refractivity contribution in [1.82, 2.24) is 0 Å². The van der Waals surface area contributed by atoms with Crippen LogP contribution in [-0.2, 0) is 10.5 Å². The van der Waals surface area contributed by atoms with Crippen LogP contribution in [0.3, 0.4) is 0 Å². The first-order chi connectivity index (χ1) is 9.63. The van der Waals surface area contributed by atoms with Crippen molar-refractivity contribution in [1.29, 1.82) is 0 Å². The monoisotopic (exact) mass is 294 g/mol. The highest BCUT2D eigenvalue weighted by molar-refractivity contribution is 7.99. The summed E-state index contributed by atoms with van der Waals surface area (Å²) in [6.45, 7) is 0. The summed E-state index contributed by atoms with van der Waals surface area (Å²) in [6, 6.07) is 4.75. The fourth-order valence-electron chi connectivity index (χ4n) is 2.47. The maximum Gasteiger partial charge on any atom is 0.328 e. The summed E-state index contributed by atoms with van der Waals surface area (Å²) >= 11 is 1.89. The summed E-state index contributed by atoms with van der Waals surface area (Å²) < 4.78 is 13.5. The van der Waals surface area contributed by atoms with Gasteiger partial charge in [-0.05, 0) is 42.2 Å². The standard InChI is InChI=1S/C16H19FO2S/c17-14-9-12(6-7-16(18)19)8-13(10-14)11-20-15-4-2-1-3-5-15/h6-10,15H,1-5,11H2,(H,18,19). The number of halogens is 1. The minimum absolute atomic E-state index is 0.309. The van der Waals surface area contributed by atoms with E-state index in [0.717, 1.165) is 17.4 Å². The van der Waals surface area contributed by atoms with E-state index in [4.69, 9.17) is 5.11 Å². The van der Waals surface area contributed by atoms with E-state index in [2.05, 4.69) is 0 Å². The molecule has 0 aliphatic heterocycles. The van der Waals surface area contributed by atoms with Crippen LogP contribution in [0.2, 0.25) is 0 Å². The Kier molecular flexibility index (Phi) is 5.65. The number of rotatable bonds is 5. The van der Waals surface area contributed by atoms with Crippen molar-refractivity contribution in [3.63, 3.8) is 0 Å². The van der Waals surface area contributed by atoms with E-state index in [0.29, 0.717) is 10.8 Å². The van der Waals surface area contributed by atoms with Gasteiger partial charge in [-0.3, -0.25) is 0 Å². The van der Waals surface area contributed by atoms with Gasteiger partial charge in [0.15, 0.2) is 0 Å². The SMILES string of the molecule is O=C(O)C=Cc1cc(F)cc(CSC2CCCCC2)c1. The quantitative estimate of drug-likeness (QED) is 0.813. The third-order valence-corrected chi connectivity index (χ3v) is 4.88. The molecular formula is C16H19FO2S. The van der Waals surface area contributed by atoms with Gasteiger partial charge in [-0.15, -0.1) is 0 Å². The van der Waals surface area contributed by atoms with Gasteiger partial charge in [-0.25, -0.2) is 9.18 Å². The highest BCUT2D eigenvalue weighted by atomic mass is 32.2. The summed E-state index contributed by atoms with van der Waals surface area (Å²) in [6.07, 6.45) is 8.91. The number of carboxylic acids is 1. The van der Waals surface area contributed by atoms with E-state index in [-0.39, 0.29) is 5.82 Å². The van der Waals surface area contributed by atoms with Crippen LogP contribution < -0.4 is 0 Å². The van der Waals surface area contributed by atoms with Crippen LogP contribution >= 0.6 is 11.8 Å². The molecule has 1 aromatic carbocycles. The van der Waals surface area contributed by atoms with Gasteiger partial charge < -0.3 is 5.11 Å². The van der Waals surface area contributed by atoms with E-state index in [1.165, 1.54) is 50.3 Å². The normalized spacial score (nSPS) is 16.6. The maximum atomic E-state index is 13.5. The number of benzene rings is 1. The Morgan fingerprint density at radius 2 is 2.05 bits per heavy atom. The summed E-state index contributed by atoms with van der Waals surface area (Å²) in [5, 5.41) is 9.29. The molecule has 1 aromatic rings. The van der Waals surface area contributed by atoms with Crippen molar-refractivity contribution >= 4 is 23.8 Å². The average Bonchev–Trinajstić information content (AvgIpc) is 2.44. The Balaban J connectivity index is 1.98. The molecule has 0 radical (unpaired) electrons. The number of carboxylic acid groups (broad SMARTS) is 1. The van der Waals surface area contributed by atoms with Gasteiger partial charge in [0, 0.05) is 17.1 Å². The van der Waals surface area contributed by atoms with Crippen LogP contribution in [0.25, 0.3) is 6.08 Å². The lowest BCUT2D eigenvalue weighted by molar-refractivity contribution is -0.131. The second-order valence-electron chi connectivity index (χ2n) is 5.14. The number of carbonyl (C=O) groups is 1. The summed E-state index contributed by atoms with van der Waals surface area (Å²) in [5.41, 5.74) is 1.53. The lowest BCUT2D eigenvalue weighted by Crippen LogP contribution is -2.08. The van der Waals surface area contributed by atoms with Crippen molar-refractivity contribution in [2.24, 2.45) is 0 Å². The predicted octanol–water partition coefficient (Wildman–Crippen LogP) is 4.49. The molecule has 0 unspecified atom stereocenters. The lowest BCUT2D eigenvalue weighted by Gasteiger charge is -2.21. The molecule has 4 heteroatoms. The van der Waals surface area contributed by atoms with E-state index in [9.17, 15) is 9.18 Å². The molecule has 2 nitrogen and oxygen atoms in total. The van der Waals surface area contributed by atoms with Gasteiger partial charge in [0.05, 0.1) is 0 Å². The number of aliphatic carboxylic acids is 1. The minimum Gasteiger partial charge on any atom is -0.478 e. The van der Waals surface area contributed by atoms with Gasteiger partial charge in [0.25, 0.3) is 0 Å². The lowest BCUT2D eigenvalue weighted by atomic mass is 10.0. The maximum absolute atomic E-state index is 13.5. The molecule has 0 saturated heterocycles. The smallest absolute Gasteiger partial charge is 0.328 e. The summed E-state index contributed by atoms with van der Waals surface area (Å²) in [5.74, 6) is -0.541. The van der Waals surface area contributed by atoms with Gasteiger partial charge in [0.2, 0.25) is 0 Å². The second kappa shape index (κ2) is 7.48. The third kappa shape index (κ3) is 5.00. The highest BCUT2D eigenvalue weighted by Crippen LogP contribution is 2.30. The third-order valence-electron chi connectivity index (χ3n) is 3.44. The number of thioether (sulfide) groups is 1. The number of hydrogen-bond acceptors (Lipinski definition) is 2. The first-order valence-electron chi connectivity index (χ1n) is 6.95. The molecule has 1 N–H and O–H groups in total. The van der Waals surface area contributed by atoms with E-state index >= 15 is 0 Å². The van der Waals surface area contributed by atoms with Crippen molar-refractivity contribution in [3.8, 4) is 0 Å². The Labute approximate surface area is 123 Å². The van der Waals surface area contributed by atoms with Crippen LogP contribution in [0.1, 0.15) is 43.2 Å². The van der Waals surface area contributed by atoms with Gasteiger partial charge in [-0.2, -0.15) is 11.8 Å². The van der Waals surface area contributed by atoms with Crippen molar-refractivity contribution < 1.29 is 14.3 Å². The molecule has 0 bridgehead atoms. The van der Waals surface area contributed by atoms with Gasteiger partial charge in [0.1, 0.15) is 5.82 Å². The Bertz CT molecular complexity index is 493. The first kappa shape index (κ1) is 15.1. The average molecular weight is 294 g/mol. The van der Waals surface area contributed by atoms with Crippen LogP contribution in [0.5, 0.6) is 0 Å². The summed E-state index contributed by atoms with van der Waals surface area (Å²) in [4.78, 5) is 10.5. The molecular weight excluding hydrogens is 275 g/mol. The second-order valence-corrected chi connectivity index (χ2v) is 6.42. The van der Waals surface area contributed by atoms with Crippen LogP contribution in [0, 0.1) is 5.82 Å². The molecule has 2 rings (SSSR count). The summed E-state index contributed by atoms with van der Waals surface area (Å²) in [7, 11) is 0. The predicted molar refractivity (Wildman–Crippen MR) is 81.2 cm³/mol. The molecule has 0 heterocycles. The Hall–Kier alpha value is -1.29. The van der Waals surface area contributed by atoms with Crippen LogP contribution in [-0.4, -0.2) is 16.3 Å². The molecule has 0 atom stereocenters. The Morgan fingerprint density at radius 1 is 1.30 bits per heavy atom. The van der Waals surface area contributed by atoms with Crippen molar-refractivity contribution in [3.05, 3.63) is 41.2 Å². The van der Waals surface area contributed by atoms with Crippen molar-refractivity contribution in [2.75, 3.05) is 0 Å². The molecule has 1 aliphatic rings. The first-order valence-corrected chi connectivity index (χ1v) is 8.00. The zero-order valence-corrected chi connectivity index (χ0v) is 12.2. The minimum atomic E-state index is -1.02. The topological polar surface area (TPSA) is 37.3 Å². The molecule has 20 heavy (non-hydrogen) atoms. The van der Waals surface area contributed by atoms with E-state index < -0.39 is 5.97 Å². The fourth-order valence-corrected chi connectivity index (χ4v) is 3.73. The molecule has 1 fully saturated rings. The van der Waals surface area contributed by atoms with Crippen LogP contribution in [0.15, 0.2) is 24.3 Å². The number of hydrogen-bond donors (Lipinski definition) is 1. The Morgan fingerprint density at radius 3 is 2.75 bits per heavy atom.